The molecule has 1 aromatic carbocycles. The largest absolute Gasteiger partial charge is 0.304 e. The third-order valence-electron chi connectivity index (χ3n) is 4.69. The highest BCUT2D eigenvalue weighted by atomic mass is 16.1. The molecule has 3 rings (SSSR count). The topological polar surface area (TPSA) is 23.6 Å². The molecule has 3 nitrogen and oxygen atoms in total. The molecule has 0 aromatic heterocycles. The van der Waals surface area contributed by atoms with E-state index in [0.717, 1.165) is 31.7 Å². The van der Waals surface area contributed by atoms with Crippen molar-refractivity contribution < 1.29 is 4.79 Å². The van der Waals surface area contributed by atoms with E-state index in [9.17, 15) is 4.79 Å². The van der Waals surface area contributed by atoms with E-state index in [0.29, 0.717) is 11.8 Å². The highest BCUT2D eigenvalue weighted by Gasteiger charge is 2.33. The number of piperidine rings is 1. The van der Waals surface area contributed by atoms with Gasteiger partial charge >= 0.3 is 0 Å². The molecule has 0 radical (unpaired) electrons. The number of carbonyl (C=O) groups excluding carboxylic acids is 1. The van der Waals surface area contributed by atoms with Gasteiger partial charge in [-0.3, -0.25) is 9.69 Å². The van der Waals surface area contributed by atoms with Crippen LogP contribution in [0.25, 0.3) is 0 Å². The Morgan fingerprint density at radius 2 is 1.90 bits per heavy atom. The van der Waals surface area contributed by atoms with Crippen LogP contribution in [0.3, 0.4) is 0 Å². The Morgan fingerprint density at radius 3 is 2.70 bits per heavy atom. The van der Waals surface area contributed by atoms with Crippen LogP contribution in [0.2, 0.25) is 0 Å². The van der Waals surface area contributed by atoms with Crippen molar-refractivity contribution in [1.82, 2.24) is 9.80 Å². The summed E-state index contributed by atoms with van der Waals surface area (Å²) in [6, 6.07) is 10.4. The summed E-state index contributed by atoms with van der Waals surface area (Å²) in [6.45, 7) is 4.10. The lowest BCUT2D eigenvalue weighted by Gasteiger charge is -2.35. The van der Waals surface area contributed by atoms with Crippen LogP contribution in [-0.2, 0) is 0 Å². The van der Waals surface area contributed by atoms with Crippen molar-refractivity contribution >= 4 is 5.78 Å². The summed E-state index contributed by atoms with van der Waals surface area (Å²) in [5.74, 6) is 0.425. The second-order valence-corrected chi connectivity index (χ2v) is 6.29. The lowest BCUT2D eigenvalue weighted by Crippen LogP contribution is -2.44. The van der Waals surface area contributed by atoms with Crippen molar-refractivity contribution in [2.45, 2.75) is 25.3 Å². The molecule has 0 amide bonds. The fourth-order valence-electron chi connectivity index (χ4n) is 3.66. The summed E-state index contributed by atoms with van der Waals surface area (Å²) in [7, 11) is 2.16. The first-order valence-electron chi connectivity index (χ1n) is 7.76. The first-order chi connectivity index (χ1) is 9.74. The van der Waals surface area contributed by atoms with E-state index in [1.807, 2.05) is 30.3 Å². The summed E-state index contributed by atoms with van der Waals surface area (Å²) < 4.78 is 0. The highest BCUT2D eigenvalue weighted by Crippen LogP contribution is 2.24. The normalized spacial score (nSPS) is 28.6. The van der Waals surface area contributed by atoms with Gasteiger partial charge in [-0.15, -0.1) is 0 Å². The van der Waals surface area contributed by atoms with Crippen LogP contribution in [0.15, 0.2) is 30.3 Å². The zero-order valence-corrected chi connectivity index (χ0v) is 12.3. The third kappa shape index (κ3) is 2.94. The summed E-state index contributed by atoms with van der Waals surface area (Å²) in [6.07, 6.45) is 3.91. The molecular formula is C17H24N2O. The van der Waals surface area contributed by atoms with Crippen LogP contribution in [0.4, 0.5) is 0 Å². The molecule has 0 aliphatic carbocycles. The first kappa shape index (κ1) is 13.8. The number of hydrogen-bond acceptors (Lipinski definition) is 3. The molecule has 2 atom stereocenters. The van der Waals surface area contributed by atoms with Gasteiger partial charge in [0.05, 0.1) is 0 Å². The number of carbonyl (C=O) groups is 1. The zero-order chi connectivity index (χ0) is 13.9. The molecule has 20 heavy (non-hydrogen) atoms. The van der Waals surface area contributed by atoms with E-state index in [1.165, 1.54) is 19.3 Å². The van der Waals surface area contributed by atoms with Crippen LogP contribution >= 0.6 is 0 Å². The second-order valence-electron chi connectivity index (χ2n) is 6.29. The molecule has 2 saturated heterocycles. The molecule has 3 heteroatoms. The van der Waals surface area contributed by atoms with Gasteiger partial charge in [-0.05, 0) is 26.4 Å². The molecule has 2 heterocycles. The van der Waals surface area contributed by atoms with E-state index in [1.54, 1.807) is 0 Å². The maximum atomic E-state index is 12.7. The number of likely N-dealkylation sites (N-methyl/N-ethyl adjacent to an activating group) is 1. The standard InChI is InChI=1S/C17H24N2O/c1-18-11-15(17(20)14-7-3-2-4-8-14)12-19-10-6-5-9-16(19)13-18/h2-4,7-8,15-16H,5-6,9-13H2,1H3. The van der Waals surface area contributed by atoms with Crippen LogP contribution in [0.5, 0.6) is 0 Å². The quantitative estimate of drug-likeness (QED) is 0.772. The Kier molecular flexibility index (Phi) is 4.18. The summed E-state index contributed by atoms with van der Waals surface area (Å²) in [4.78, 5) is 17.6. The maximum Gasteiger partial charge on any atom is 0.168 e. The average Bonchev–Trinajstić information content (AvgIpc) is 2.65. The second kappa shape index (κ2) is 6.06. The smallest absolute Gasteiger partial charge is 0.168 e. The van der Waals surface area contributed by atoms with Gasteiger partial charge in [0.1, 0.15) is 0 Å². The van der Waals surface area contributed by atoms with Gasteiger partial charge in [-0.2, -0.15) is 0 Å². The summed E-state index contributed by atoms with van der Waals surface area (Å²) >= 11 is 0. The molecule has 2 aliphatic heterocycles. The molecule has 2 aliphatic rings. The molecule has 0 spiro atoms. The van der Waals surface area contributed by atoms with Gasteiger partial charge in [0.25, 0.3) is 0 Å². The van der Waals surface area contributed by atoms with Gasteiger partial charge in [0.15, 0.2) is 5.78 Å². The van der Waals surface area contributed by atoms with Crippen molar-refractivity contribution in [2.24, 2.45) is 5.92 Å². The van der Waals surface area contributed by atoms with Gasteiger partial charge < -0.3 is 4.90 Å². The number of Topliss-reactive ketones (excluding diaryl/α,β-unsaturated/α-hetero) is 1. The van der Waals surface area contributed by atoms with Crippen molar-refractivity contribution in [3.63, 3.8) is 0 Å². The minimum absolute atomic E-state index is 0.116. The predicted octanol–water partition coefficient (Wildman–Crippen LogP) is 2.29. The summed E-state index contributed by atoms with van der Waals surface area (Å²) in [5, 5.41) is 0. The molecule has 2 unspecified atom stereocenters. The van der Waals surface area contributed by atoms with Gasteiger partial charge in [0.2, 0.25) is 0 Å². The average molecular weight is 272 g/mol. The maximum absolute atomic E-state index is 12.7. The Hall–Kier alpha value is -1.19. The molecular weight excluding hydrogens is 248 g/mol. The van der Waals surface area contributed by atoms with E-state index in [2.05, 4.69) is 16.8 Å². The van der Waals surface area contributed by atoms with Crippen molar-refractivity contribution in [2.75, 3.05) is 33.2 Å². The lowest BCUT2D eigenvalue weighted by molar-refractivity contribution is 0.0854. The molecule has 0 bridgehead atoms. The molecule has 0 N–H and O–H groups in total. The first-order valence-corrected chi connectivity index (χ1v) is 7.76. The zero-order valence-electron chi connectivity index (χ0n) is 12.3. The van der Waals surface area contributed by atoms with Crippen molar-refractivity contribution in [3.05, 3.63) is 35.9 Å². The fourth-order valence-corrected chi connectivity index (χ4v) is 3.66. The van der Waals surface area contributed by atoms with Crippen molar-refractivity contribution in [3.8, 4) is 0 Å². The van der Waals surface area contributed by atoms with Crippen LogP contribution in [-0.4, -0.2) is 54.9 Å². The number of hydrogen-bond donors (Lipinski definition) is 0. The number of benzene rings is 1. The Bertz CT molecular complexity index is 459. The number of rotatable bonds is 2. The van der Waals surface area contributed by atoms with Crippen molar-refractivity contribution in [1.29, 1.82) is 0 Å². The molecule has 0 saturated carbocycles. The van der Waals surface area contributed by atoms with Gasteiger partial charge in [-0.1, -0.05) is 36.8 Å². The van der Waals surface area contributed by atoms with E-state index in [-0.39, 0.29) is 5.92 Å². The Morgan fingerprint density at radius 1 is 1.10 bits per heavy atom. The Labute approximate surface area is 121 Å². The van der Waals surface area contributed by atoms with E-state index >= 15 is 0 Å². The molecule has 108 valence electrons. The lowest BCUT2D eigenvalue weighted by atomic mass is 9.95. The minimum Gasteiger partial charge on any atom is -0.304 e. The summed E-state index contributed by atoms with van der Waals surface area (Å²) in [5.41, 5.74) is 0.862. The van der Waals surface area contributed by atoms with Gasteiger partial charge in [0, 0.05) is 37.2 Å². The number of fused-ring (bicyclic) bond motifs is 1. The van der Waals surface area contributed by atoms with Gasteiger partial charge in [-0.25, -0.2) is 0 Å². The fraction of sp³-hybridized carbons (Fsp3) is 0.588. The number of nitrogens with zero attached hydrogens (tertiary/aromatic N) is 2. The molecule has 1 aromatic rings. The minimum atomic E-state index is 0.116. The Balaban J connectivity index is 1.77. The predicted molar refractivity (Wildman–Crippen MR) is 81.0 cm³/mol. The van der Waals surface area contributed by atoms with E-state index in [4.69, 9.17) is 0 Å². The third-order valence-corrected chi connectivity index (χ3v) is 4.69. The monoisotopic (exact) mass is 272 g/mol. The van der Waals surface area contributed by atoms with Crippen LogP contribution in [0.1, 0.15) is 29.6 Å². The molecule has 2 fully saturated rings. The number of ketones is 1. The SMILES string of the molecule is CN1CC(C(=O)c2ccccc2)CN2CCCCC2C1. The highest BCUT2D eigenvalue weighted by molar-refractivity contribution is 5.98. The van der Waals surface area contributed by atoms with Crippen LogP contribution < -0.4 is 0 Å². The van der Waals surface area contributed by atoms with Crippen LogP contribution in [0, 0.1) is 5.92 Å². The van der Waals surface area contributed by atoms with E-state index < -0.39 is 0 Å².